The minimum Gasteiger partial charge on any atom is -0.507 e. The monoisotopic (exact) mass is 542 g/mol. The van der Waals surface area contributed by atoms with Crippen LogP contribution in [0.15, 0.2) is 82.4 Å². The third-order valence-electron chi connectivity index (χ3n) is 4.83. The predicted octanol–water partition coefficient (Wildman–Crippen LogP) is 6.96. The van der Waals surface area contributed by atoms with Gasteiger partial charge in [0.1, 0.15) is 18.1 Å². The quantitative estimate of drug-likeness (QED) is 0.204. The van der Waals surface area contributed by atoms with Gasteiger partial charge in [0.25, 0.3) is 5.91 Å². The summed E-state index contributed by atoms with van der Waals surface area (Å²) >= 11 is 15.5. The van der Waals surface area contributed by atoms with Gasteiger partial charge in [-0.1, -0.05) is 69.5 Å². The molecule has 4 aromatic rings. The van der Waals surface area contributed by atoms with Gasteiger partial charge in [0.2, 0.25) is 0 Å². The Balaban J connectivity index is 1.48. The number of benzene rings is 4. The minimum absolute atomic E-state index is 0.116. The van der Waals surface area contributed by atoms with E-state index in [1.165, 1.54) is 6.21 Å². The number of hydrogen-bond donors (Lipinski definition) is 2. The second-order valence-corrected chi connectivity index (χ2v) is 8.86. The van der Waals surface area contributed by atoms with Gasteiger partial charge in [-0.15, -0.1) is 0 Å². The van der Waals surface area contributed by atoms with Crippen LogP contribution in [-0.4, -0.2) is 17.2 Å². The van der Waals surface area contributed by atoms with Gasteiger partial charge in [-0.25, -0.2) is 5.43 Å². The Hall–Kier alpha value is -3.06. The van der Waals surface area contributed by atoms with Crippen molar-refractivity contribution >= 4 is 62.0 Å². The van der Waals surface area contributed by atoms with Gasteiger partial charge < -0.3 is 9.84 Å². The van der Waals surface area contributed by atoms with Crippen molar-refractivity contribution in [3.63, 3.8) is 0 Å². The van der Waals surface area contributed by atoms with Gasteiger partial charge in [0, 0.05) is 10.0 Å². The third-order valence-corrected chi connectivity index (χ3v) is 6.06. The highest BCUT2D eigenvalue weighted by molar-refractivity contribution is 9.10. The molecule has 0 unspecified atom stereocenters. The summed E-state index contributed by atoms with van der Waals surface area (Å²) in [5.41, 5.74) is 4.09. The third kappa shape index (κ3) is 5.66. The van der Waals surface area contributed by atoms with Gasteiger partial charge in [-0.3, -0.25) is 4.79 Å². The van der Waals surface area contributed by atoms with Crippen molar-refractivity contribution in [1.82, 2.24) is 5.43 Å². The van der Waals surface area contributed by atoms with Crippen molar-refractivity contribution in [1.29, 1.82) is 0 Å². The van der Waals surface area contributed by atoms with Crippen molar-refractivity contribution < 1.29 is 14.6 Å². The molecule has 0 saturated carbocycles. The zero-order chi connectivity index (χ0) is 23.4. The lowest BCUT2D eigenvalue weighted by atomic mass is 10.1. The fourth-order valence-electron chi connectivity index (χ4n) is 3.17. The van der Waals surface area contributed by atoms with Crippen LogP contribution in [-0.2, 0) is 6.61 Å². The van der Waals surface area contributed by atoms with E-state index < -0.39 is 5.91 Å². The standard InChI is InChI=1S/C25H17BrCl2N2O3/c26-19-6-8-24(33-14-15-5-7-21(27)22(28)9-15)18(10-19)13-29-30-25(32)20-11-16-3-1-2-4-17(16)12-23(20)31/h1-13,31H,14H2,(H,30,32). The van der Waals surface area contributed by atoms with Gasteiger partial charge in [0.15, 0.2) is 0 Å². The Kier molecular flexibility index (Phi) is 7.18. The number of ether oxygens (including phenoxy) is 1. The number of phenolic OH excluding ortho intramolecular Hbond substituents is 1. The van der Waals surface area contributed by atoms with Crippen LogP contribution in [0.4, 0.5) is 0 Å². The largest absolute Gasteiger partial charge is 0.507 e. The first kappa shape index (κ1) is 23.1. The van der Waals surface area contributed by atoms with Crippen LogP contribution in [0.3, 0.4) is 0 Å². The topological polar surface area (TPSA) is 70.9 Å². The van der Waals surface area contributed by atoms with E-state index in [4.69, 9.17) is 27.9 Å². The van der Waals surface area contributed by atoms with Crippen molar-refractivity contribution in [3.8, 4) is 11.5 Å². The van der Waals surface area contributed by atoms with Crippen molar-refractivity contribution in [2.45, 2.75) is 6.61 Å². The normalized spacial score (nSPS) is 11.1. The van der Waals surface area contributed by atoms with Crippen LogP contribution < -0.4 is 10.2 Å². The highest BCUT2D eigenvalue weighted by Crippen LogP contribution is 2.27. The second-order valence-electron chi connectivity index (χ2n) is 7.13. The molecule has 5 nitrogen and oxygen atoms in total. The Morgan fingerprint density at radius 3 is 2.52 bits per heavy atom. The number of halogens is 3. The maximum Gasteiger partial charge on any atom is 0.275 e. The molecule has 0 spiro atoms. The lowest BCUT2D eigenvalue weighted by molar-refractivity contribution is 0.0952. The summed E-state index contributed by atoms with van der Waals surface area (Å²) < 4.78 is 6.74. The highest BCUT2D eigenvalue weighted by Gasteiger charge is 2.12. The molecule has 0 aliphatic carbocycles. The number of aromatic hydroxyl groups is 1. The van der Waals surface area contributed by atoms with Gasteiger partial charge in [-0.05, 0) is 58.8 Å². The first-order valence-electron chi connectivity index (χ1n) is 9.82. The van der Waals surface area contributed by atoms with E-state index in [0.717, 1.165) is 20.8 Å². The Labute approximate surface area is 208 Å². The van der Waals surface area contributed by atoms with E-state index in [2.05, 4.69) is 26.5 Å². The molecule has 0 aromatic heterocycles. The van der Waals surface area contributed by atoms with Crippen molar-refractivity contribution in [3.05, 3.63) is 104 Å². The van der Waals surface area contributed by atoms with E-state index >= 15 is 0 Å². The van der Waals surface area contributed by atoms with Crippen LogP contribution in [0.2, 0.25) is 10.0 Å². The Bertz CT molecular complexity index is 1380. The van der Waals surface area contributed by atoms with Crippen LogP contribution in [0, 0.1) is 0 Å². The van der Waals surface area contributed by atoms with E-state index in [9.17, 15) is 9.90 Å². The molecule has 4 rings (SSSR count). The molecule has 0 radical (unpaired) electrons. The van der Waals surface area contributed by atoms with Crippen molar-refractivity contribution in [2.75, 3.05) is 0 Å². The molecule has 2 N–H and O–H groups in total. The van der Waals surface area contributed by atoms with E-state index in [1.54, 1.807) is 30.3 Å². The first-order chi connectivity index (χ1) is 15.9. The van der Waals surface area contributed by atoms with Crippen molar-refractivity contribution in [2.24, 2.45) is 5.10 Å². The molecular formula is C25H17BrCl2N2O3. The summed E-state index contributed by atoms with van der Waals surface area (Å²) in [5.74, 6) is -0.0758. The summed E-state index contributed by atoms with van der Waals surface area (Å²) in [6, 6.07) is 21.4. The summed E-state index contributed by atoms with van der Waals surface area (Å²) in [4.78, 5) is 12.6. The average Bonchev–Trinajstić information content (AvgIpc) is 2.80. The molecule has 0 saturated heterocycles. The summed E-state index contributed by atoms with van der Waals surface area (Å²) in [7, 11) is 0. The molecule has 0 aliphatic heterocycles. The molecule has 0 fully saturated rings. The number of carbonyl (C=O) groups excluding carboxylic acids is 1. The fraction of sp³-hybridized carbons (Fsp3) is 0.0400. The van der Waals surface area contributed by atoms with Gasteiger partial charge >= 0.3 is 0 Å². The number of fused-ring (bicyclic) bond motifs is 1. The number of hydrogen-bond acceptors (Lipinski definition) is 4. The maximum atomic E-state index is 12.6. The number of carbonyl (C=O) groups is 1. The van der Waals surface area contributed by atoms with Crippen LogP contribution in [0.5, 0.6) is 11.5 Å². The molecule has 166 valence electrons. The lowest BCUT2D eigenvalue weighted by Gasteiger charge is -2.10. The lowest BCUT2D eigenvalue weighted by Crippen LogP contribution is -2.17. The molecule has 0 aliphatic rings. The van der Waals surface area contributed by atoms with Gasteiger partial charge in [-0.2, -0.15) is 5.10 Å². The van der Waals surface area contributed by atoms with Crippen LogP contribution >= 0.6 is 39.1 Å². The number of amides is 1. The summed E-state index contributed by atoms with van der Waals surface area (Å²) in [6.45, 7) is 0.274. The molecule has 4 aromatic carbocycles. The van der Waals surface area contributed by atoms with E-state index in [0.29, 0.717) is 21.4 Å². The molecule has 0 bridgehead atoms. The summed E-state index contributed by atoms with van der Waals surface area (Å²) in [5, 5.41) is 16.9. The highest BCUT2D eigenvalue weighted by atomic mass is 79.9. The fourth-order valence-corrected chi connectivity index (χ4v) is 3.87. The SMILES string of the molecule is O=C(NN=Cc1cc(Br)ccc1OCc1ccc(Cl)c(Cl)c1)c1cc2ccccc2cc1O. The maximum absolute atomic E-state index is 12.6. The van der Waals surface area contributed by atoms with Crippen LogP contribution in [0.25, 0.3) is 10.8 Å². The summed E-state index contributed by atoms with van der Waals surface area (Å²) in [6.07, 6.45) is 1.48. The number of rotatable bonds is 6. The molecule has 1 amide bonds. The smallest absolute Gasteiger partial charge is 0.275 e. The number of hydrazone groups is 1. The number of phenols is 1. The molecular weight excluding hydrogens is 527 g/mol. The molecule has 0 atom stereocenters. The zero-order valence-electron chi connectivity index (χ0n) is 17.1. The second kappa shape index (κ2) is 10.3. The first-order valence-corrected chi connectivity index (χ1v) is 11.4. The predicted molar refractivity (Wildman–Crippen MR) is 136 cm³/mol. The molecule has 8 heteroatoms. The Morgan fingerprint density at radius 2 is 1.76 bits per heavy atom. The van der Waals surface area contributed by atoms with E-state index in [-0.39, 0.29) is 17.9 Å². The van der Waals surface area contributed by atoms with Crippen LogP contribution in [0.1, 0.15) is 21.5 Å². The minimum atomic E-state index is -0.525. The average molecular weight is 544 g/mol. The number of nitrogens with one attached hydrogen (secondary N) is 1. The van der Waals surface area contributed by atoms with Gasteiger partial charge in [0.05, 0.1) is 21.8 Å². The Morgan fingerprint density at radius 1 is 1.00 bits per heavy atom. The molecule has 0 heterocycles. The number of nitrogens with zero attached hydrogens (tertiary/aromatic N) is 1. The zero-order valence-corrected chi connectivity index (χ0v) is 20.2. The molecule has 33 heavy (non-hydrogen) atoms. The van der Waals surface area contributed by atoms with E-state index in [1.807, 2.05) is 42.5 Å².